The molecule has 15 heavy (non-hydrogen) atoms. The maximum atomic E-state index is 5.37. The topological polar surface area (TPSA) is 21.7 Å². The Labute approximate surface area is 90.6 Å². The lowest BCUT2D eigenvalue weighted by molar-refractivity contribution is 0.174. The van der Waals surface area contributed by atoms with Crippen molar-refractivity contribution in [2.24, 2.45) is 0 Å². The van der Waals surface area contributed by atoms with Gasteiger partial charge in [-0.2, -0.15) is 0 Å². The van der Waals surface area contributed by atoms with Crippen LogP contribution in [0.5, 0.6) is 11.5 Å². The molecule has 0 saturated carbocycles. The summed E-state index contributed by atoms with van der Waals surface area (Å²) in [5, 5.41) is 0. The lowest BCUT2D eigenvalue weighted by Crippen LogP contribution is -2.18. The van der Waals surface area contributed by atoms with Crippen molar-refractivity contribution in [2.45, 2.75) is 19.4 Å². The van der Waals surface area contributed by atoms with Gasteiger partial charge in [-0.05, 0) is 38.2 Å². The zero-order chi connectivity index (χ0) is 10.8. The summed E-state index contributed by atoms with van der Waals surface area (Å²) < 4.78 is 10.7. The van der Waals surface area contributed by atoms with Gasteiger partial charge in [-0.1, -0.05) is 13.0 Å². The third kappa shape index (κ3) is 1.92. The van der Waals surface area contributed by atoms with E-state index in [-0.39, 0.29) is 0 Å². The molecule has 0 saturated heterocycles. The minimum atomic E-state index is 0.345. The van der Waals surface area contributed by atoms with Crippen LogP contribution in [0.15, 0.2) is 18.2 Å². The Balaban J connectivity index is 2.28. The predicted molar refractivity (Wildman–Crippen MR) is 59.3 cm³/mol. The highest BCUT2D eigenvalue weighted by atomic mass is 16.7. The van der Waals surface area contributed by atoms with Gasteiger partial charge in [-0.25, -0.2) is 0 Å². The van der Waals surface area contributed by atoms with Gasteiger partial charge >= 0.3 is 0 Å². The van der Waals surface area contributed by atoms with Gasteiger partial charge in [0.05, 0.1) is 0 Å². The molecule has 0 aromatic heterocycles. The minimum absolute atomic E-state index is 0.345. The summed E-state index contributed by atoms with van der Waals surface area (Å²) in [6.07, 6.45) is 1.09. The van der Waals surface area contributed by atoms with E-state index in [9.17, 15) is 0 Å². The molecule has 0 aliphatic carbocycles. The SMILES string of the molecule is CC[C@@H](c1ccc2c(c1)OCO2)N(C)C. The molecule has 1 atom stereocenters. The van der Waals surface area contributed by atoms with Gasteiger partial charge in [0.2, 0.25) is 6.79 Å². The van der Waals surface area contributed by atoms with Crippen LogP contribution in [0, 0.1) is 0 Å². The first-order valence-corrected chi connectivity index (χ1v) is 5.28. The molecule has 0 fully saturated rings. The van der Waals surface area contributed by atoms with Crippen LogP contribution in [0.25, 0.3) is 0 Å². The molecule has 0 bridgehead atoms. The summed E-state index contributed by atoms with van der Waals surface area (Å²) in [4.78, 5) is 2.22. The van der Waals surface area contributed by atoms with Gasteiger partial charge in [0.15, 0.2) is 11.5 Å². The second-order valence-electron chi connectivity index (χ2n) is 4.00. The van der Waals surface area contributed by atoms with Crippen molar-refractivity contribution in [1.82, 2.24) is 4.90 Å². The smallest absolute Gasteiger partial charge is 0.231 e. The second-order valence-corrected chi connectivity index (χ2v) is 4.00. The van der Waals surface area contributed by atoms with Gasteiger partial charge in [0.1, 0.15) is 0 Å². The number of rotatable bonds is 3. The molecule has 1 aromatic carbocycles. The van der Waals surface area contributed by atoms with E-state index in [2.05, 4.69) is 38.1 Å². The van der Waals surface area contributed by atoms with E-state index in [0.717, 1.165) is 17.9 Å². The van der Waals surface area contributed by atoms with Gasteiger partial charge in [0, 0.05) is 6.04 Å². The Morgan fingerprint density at radius 3 is 2.67 bits per heavy atom. The summed E-state index contributed by atoms with van der Waals surface area (Å²) >= 11 is 0. The average Bonchev–Trinajstić information content (AvgIpc) is 2.65. The molecule has 3 heteroatoms. The zero-order valence-electron chi connectivity index (χ0n) is 9.49. The summed E-state index contributed by atoms with van der Waals surface area (Å²) in [5.74, 6) is 1.72. The number of ether oxygens (including phenoxy) is 2. The minimum Gasteiger partial charge on any atom is -0.454 e. The van der Waals surface area contributed by atoms with Crippen molar-refractivity contribution in [1.29, 1.82) is 0 Å². The Bertz CT molecular complexity index is 349. The Morgan fingerprint density at radius 1 is 1.27 bits per heavy atom. The number of nitrogens with zero attached hydrogens (tertiary/aromatic N) is 1. The van der Waals surface area contributed by atoms with E-state index in [1.54, 1.807) is 0 Å². The fourth-order valence-corrected chi connectivity index (χ4v) is 2.02. The van der Waals surface area contributed by atoms with Crippen LogP contribution in [0.1, 0.15) is 24.9 Å². The van der Waals surface area contributed by atoms with Gasteiger partial charge in [-0.3, -0.25) is 0 Å². The van der Waals surface area contributed by atoms with Crippen LogP contribution in [-0.2, 0) is 0 Å². The quantitative estimate of drug-likeness (QED) is 0.759. The molecule has 0 unspecified atom stereocenters. The first-order chi connectivity index (χ1) is 7.22. The van der Waals surface area contributed by atoms with Crippen molar-refractivity contribution >= 4 is 0 Å². The molecule has 82 valence electrons. The summed E-state index contributed by atoms with van der Waals surface area (Å²) in [7, 11) is 4.19. The highest BCUT2D eigenvalue weighted by molar-refractivity contribution is 5.45. The molecular weight excluding hydrogens is 190 g/mol. The summed E-state index contributed by atoms with van der Waals surface area (Å²) in [6, 6.07) is 6.63. The van der Waals surface area contributed by atoms with E-state index in [1.807, 2.05) is 6.07 Å². The van der Waals surface area contributed by atoms with Crippen molar-refractivity contribution in [3.05, 3.63) is 23.8 Å². The van der Waals surface area contributed by atoms with Crippen LogP contribution in [-0.4, -0.2) is 25.8 Å². The molecule has 0 amide bonds. The standard InChI is InChI=1S/C12H17NO2/c1-4-10(13(2)3)9-5-6-11-12(7-9)15-8-14-11/h5-7,10H,4,8H2,1-3H3/t10-/m0/s1. The monoisotopic (exact) mass is 207 g/mol. The highest BCUT2D eigenvalue weighted by Crippen LogP contribution is 2.35. The average molecular weight is 207 g/mol. The predicted octanol–water partition coefficient (Wildman–Crippen LogP) is 2.43. The number of hydrogen-bond acceptors (Lipinski definition) is 3. The van der Waals surface area contributed by atoms with E-state index in [0.29, 0.717) is 12.8 Å². The molecule has 1 aliphatic rings. The lowest BCUT2D eigenvalue weighted by Gasteiger charge is -2.23. The van der Waals surface area contributed by atoms with E-state index >= 15 is 0 Å². The third-order valence-electron chi connectivity index (χ3n) is 2.79. The normalized spacial score (nSPS) is 15.7. The molecule has 1 aliphatic heterocycles. The van der Waals surface area contributed by atoms with Gasteiger partial charge < -0.3 is 14.4 Å². The molecule has 1 heterocycles. The maximum absolute atomic E-state index is 5.37. The van der Waals surface area contributed by atoms with Gasteiger partial charge in [-0.15, -0.1) is 0 Å². The lowest BCUT2D eigenvalue weighted by atomic mass is 10.0. The summed E-state index contributed by atoms with van der Waals surface area (Å²) in [6.45, 7) is 2.53. The second kappa shape index (κ2) is 4.11. The largest absolute Gasteiger partial charge is 0.454 e. The first kappa shape index (κ1) is 10.3. The Morgan fingerprint density at radius 2 is 2.00 bits per heavy atom. The maximum Gasteiger partial charge on any atom is 0.231 e. The molecule has 1 aromatic rings. The van der Waals surface area contributed by atoms with Crippen LogP contribution in [0.2, 0.25) is 0 Å². The van der Waals surface area contributed by atoms with Crippen LogP contribution in [0.4, 0.5) is 0 Å². The van der Waals surface area contributed by atoms with Crippen molar-refractivity contribution in [2.75, 3.05) is 20.9 Å². The number of hydrogen-bond donors (Lipinski definition) is 0. The van der Waals surface area contributed by atoms with Crippen molar-refractivity contribution in [3.8, 4) is 11.5 Å². The van der Waals surface area contributed by atoms with Crippen molar-refractivity contribution in [3.63, 3.8) is 0 Å². The van der Waals surface area contributed by atoms with Crippen LogP contribution < -0.4 is 9.47 Å². The van der Waals surface area contributed by atoms with E-state index in [4.69, 9.17) is 9.47 Å². The molecule has 0 spiro atoms. The number of fused-ring (bicyclic) bond motifs is 1. The Kier molecular flexibility index (Phi) is 2.82. The molecule has 3 nitrogen and oxygen atoms in total. The van der Waals surface area contributed by atoms with Crippen LogP contribution in [0.3, 0.4) is 0 Å². The summed E-state index contributed by atoms with van der Waals surface area (Å²) in [5.41, 5.74) is 1.28. The fourth-order valence-electron chi connectivity index (χ4n) is 2.02. The first-order valence-electron chi connectivity index (χ1n) is 5.28. The zero-order valence-corrected chi connectivity index (χ0v) is 9.49. The highest BCUT2D eigenvalue weighted by Gasteiger charge is 2.17. The molecule has 2 rings (SSSR count). The van der Waals surface area contributed by atoms with E-state index in [1.165, 1.54) is 5.56 Å². The van der Waals surface area contributed by atoms with Gasteiger partial charge in [0.25, 0.3) is 0 Å². The Hall–Kier alpha value is -1.22. The van der Waals surface area contributed by atoms with Crippen molar-refractivity contribution < 1.29 is 9.47 Å². The number of benzene rings is 1. The molecule has 0 N–H and O–H groups in total. The fraction of sp³-hybridized carbons (Fsp3) is 0.500. The van der Waals surface area contributed by atoms with E-state index < -0.39 is 0 Å². The molecule has 0 radical (unpaired) electrons. The van der Waals surface area contributed by atoms with Crippen LogP contribution >= 0.6 is 0 Å². The third-order valence-corrected chi connectivity index (χ3v) is 2.79. The molecular formula is C12H17NO2.